The second-order valence-electron chi connectivity index (χ2n) is 4.23. The minimum absolute atomic E-state index is 0.201. The van der Waals surface area contributed by atoms with Crippen LogP contribution >= 0.6 is 23.2 Å². The fourth-order valence-corrected chi connectivity index (χ4v) is 2.32. The number of aryl methyl sites for hydroxylation is 1. The SMILES string of the molecule is CCCC(Cl)c1noc(-c2cc(C)cc(Cl)c2)n1. The molecule has 0 amide bonds. The number of nitrogens with zero attached hydrogens (tertiary/aromatic N) is 2. The Balaban J connectivity index is 2.29. The summed E-state index contributed by atoms with van der Waals surface area (Å²) in [4.78, 5) is 4.31. The zero-order valence-electron chi connectivity index (χ0n) is 10.3. The Kier molecular flexibility index (Phi) is 4.25. The maximum absolute atomic E-state index is 6.16. The number of aromatic nitrogens is 2. The highest BCUT2D eigenvalue weighted by Crippen LogP contribution is 2.27. The van der Waals surface area contributed by atoms with Crippen LogP contribution in [0.4, 0.5) is 0 Å². The molecule has 1 aromatic heterocycles. The molecule has 0 fully saturated rings. The van der Waals surface area contributed by atoms with Gasteiger partial charge in [-0.2, -0.15) is 4.98 Å². The highest BCUT2D eigenvalue weighted by Gasteiger charge is 2.16. The van der Waals surface area contributed by atoms with Gasteiger partial charge in [-0.3, -0.25) is 0 Å². The van der Waals surface area contributed by atoms with Crippen molar-refractivity contribution < 1.29 is 4.52 Å². The van der Waals surface area contributed by atoms with Gasteiger partial charge >= 0.3 is 0 Å². The van der Waals surface area contributed by atoms with Crippen molar-refractivity contribution in [3.63, 3.8) is 0 Å². The molecule has 0 radical (unpaired) electrons. The summed E-state index contributed by atoms with van der Waals surface area (Å²) in [6.07, 6.45) is 1.81. The first kappa shape index (κ1) is 13.4. The summed E-state index contributed by atoms with van der Waals surface area (Å²) in [5.74, 6) is 0.989. The predicted molar refractivity (Wildman–Crippen MR) is 73.0 cm³/mol. The van der Waals surface area contributed by atoms with Crippen LogP contribution in [0.3, 0.4) is 0 Å². The minimum Gasteiger partial charge on any atom is -0.334 e. The summed E-state index contributed by atoms with van der Waals surface area (Å²) in [7, 11) is 0. The Morgan fingerprint density at radius 1 is 1.33 bits per heavy atom. The van der Waals surface area contributed by atoms with E-state index in [0.717, 1.165) is 24.0 Å². The summed E-state index contributed by atoms with van der Waals surface area (Å²) in [6, 6.07) is 5.63. The highest BCUT2D eigenvalue weighted by atomic mass is 35.5. The van der Waals surface area contributed by atoms with Crippen LogP contribution < -0.4 is 0 Å². The topological polar surface area (TPSA) is 38.9 Å². The lowest BCUT2D eigenvalue weighted by atomic mass is 10.1. The first-order chi connectivity index (χ1) is 8.60. The van der Waals surface area contributed by atoms with Gasteiger partial charge in [0.05, 0.1) is 5.38 Å². The van der Waals surface area contributed by atoms with Crippen molar-refractivity contribution in [2.45, 2.75) is 32.1 Å². The number of hydrogen-bond donors (Lipinski definition) is 0. The van der Waals surface area contributed by atoms with E-state index in [-0.39, 0.29) is 5.38 Å². The molecule has 0 bridgehead atoms. The highest BCUT2D eigenvalue weighted by molar-refractivity contribution is 6.30. The molecule has 0 aliphatic rings. The summed E-state index contributed by atoms with van der Waals surface area (Å²) in [5.41, 5.74) is 1.87. The largest absolute Gasteiger partial charge is 0.334 e. The van der Waals surface area contributed by atoms with Crippen LogP contribution in [0, 0.1) is 6.92 Å². The molecular weight excluding hydrogens is 271 g/mol. The molecule has 3 nitrogen and oxygen atoms in total. The molecule has 2 rings (SSSR count). The Hall–Kier alpha value is -1.06. The second-order valence-corrected chi connectivity index (χ2v) is 5.19. The van der Waals surface area contributed by atoms with Gasteiger partial charge in [-0.25, -0.2) is 0 Å². The predicted octanol–water partition coefficient (Wildman–Crippen LogP) is 4.78. The normalized spacial score (nSPS) is 12.7. The number of hydrogen-bond acceptors (Lipinski definition) is 3. The molecule has 0 aliphatic carbocycles. The lowest BCUT2D eigenvalue weighted by molar-refractivity contribution is 0.420. The van der Waals surface area contributed by atoms with Crippen LogP contribution in [0.2, 0.25) is 5.02 Å². The third kappa shape index (κ3) is 3.03. The third-order valence-electron chi connectivity index (χ3n) is 2.55. The van der Waals surface area contributed by atoms with Crippen molar-refractivity contribution in [2.24, 2.45) is 0 Å². The van der Waals surface area contributed by atoms with E-state index >= 15 is 0 Å². The van der Waals surface area contributed by atoms with Crippen LogP contribution in [0.1, 0.15) is 36.5 Å². The van der Waals surface area contributed by atoms with Gasteiger partial charge in [0, 0.05) is 10.6 Å². The Morgan fingerprint density at radius 3 is 2.78 bits per heavy atom. The van der Waals surface area contributed by atoms with E-state index in [1.807, 2.05) is 19.1 Å². The summed E-state index contributed by atoms with van der Waals surface area (Å²) in [6.45, 7) is 4.03. The third-order valence-corrected chi connectivity index (χ3v) is 3.18. The zero-order valence-corrected chi connectivity index (χ0v) is 11.8. The Labute approximate surface area is 116 Å². The number of halogens is 2. The van der Waals surface area contributed by atoms with E-state index in [9.17, 15) is 0 Å². The number of rotatable bonds is 4. The molecule has 1 unspecified atom stereocenters. The van der Waals surface area contributed by atoms with Gasteiger partial charge in [-0.05, 0) is 37.1 Å². The summed E-state index contributed by atoms with van der Waals surface area (Å²) < 4.78 is 5.22. The number of alkyl halides is 1. The molecule has 0 saturated carbocycles. The molecular formula is C13H14Cl2N2O. The zero-order chi connectivity index (χ0) is 13.1. The smallest absolute Gasteiger partial charge is 0.258 e. The quantitative estimate of drug-likeness (QED) is 0.759. The molecule has 5 heteroatoms. The molecule has 0 aliphatic heterocycles. The lowest BCUT2D eigenvalue weighted by Crippen LogP contribution is -1.92. The molecule has 2 aromatic rings. The average molecular weight is 285 g/mol. The first-order valence-electron chi connectivity index (χ1n) is 5.85. The van der Waals surface area contributed by atoms with E-state index in [2.05, 4.69) is 17.1 Å². The molecule has 0 saturated heterocycles. The van der Waals surface area contributed by atoms with E-state index < -0.39 is 0 Å². The van der Waals surface area contributed by atoms with Gasteiger partial charge < -0.3 is 4.52 Å². The van der Waals surface area contributed by atoms with Gasteiger partial charge in [0.1, 0.15) is 0 Å². The van der Waals surface area contributed by atoms with Crippen LogP contribution in [-0.2, 0) is 0 Å². The molecule has 1 atom stereocenters. The van der Waals surface area contributed by atoms with E-state index in [0.29, 0.717) is 16.7 Å². The van der Waals surface area contributed by atoms with E-state index in [1.54, 1.807) is 6.07 Å². The fourth-order valence-electron chi connectivity index (χ4n) is 1.72. The lowest BCUT2D eigenvalue weighted by Gasteiger charge is -2.00. The molecule has 0 N–H and O–H groups in total. The fraction of sp³-hybridized carbons (Fsp3) is 0.385. The first-order valence-corrected chi connectivity index (χ1v) is 6.67. The molecule has 1 aromatic carbocycles. The van der Waals surface area contributed by atoms with Gasteiger partial charge in [-0.15, -0.1) is 11.6 Å². The minimum atomic E-state index is -0.201. The summed E-state index contributed by atoms with van der Waals surface area (Å²) in [5, 5.41) is 4.36. The van der Waals surface area contributed by atoms with Gasteiger partial charge in [-0.1, -0.05) is 30.1 Å². The molecule has 18 heavy (non-hydrogen) atoms. The molecule has 96 valence electrons. The van der Waals surface area contributed by atoms with Crippen LogP contribution in [0.5, 0.6) is 0 Å². The average Bonchev–Trinajstić information content (AvgIpc) is 2.77. The van der Waals surface area contributed by atoms with Crippen LogP contribution in [0.25, 0.3) is 11.5 Å². The van der Waals surface area contributed by atoms with Gasteiger partial charge in [0.25, 0.3) is 5.89 Å². The van der Waals surface area contributed by atoms with Crippen molar-refractivity contribution in [3.8, 4) is 11.5 Å². The maximum atomic E-state index is 6.16. The van der Waals surface area contributed by atoms with Crippen LogP contribution in [0.15, 0.2) is 22.7 Å². The monoisotopic (exact) mass is 284 g/mol. The molecule has 1 heterocycles. The van der Waals surface area contributed by atoms with Crippen LogP contribution in [-0.4, -0.2) is 10.1 Å². The van der Waals surface area contributed by atoms with Crippen molar-refractivity contribution >= 4 is 23.2 Å². The van der Waals surface area contributed by atoms with Gasteiger partial charge in [0.2, 0.25) is 0 Å². The second kappa shape index (κ2) is 5.72. The summed E-state index contributed by atoms with van der Waals surface area (Å²) >= 11 is 12.2. The number of benzene rings is 1. The Morgan fingerprint density at radius 2 is 2.11 bits per heavy atom. The molecule has 0 spiro atoms. The van der Waals surface area contributed by atoms with E-state index in [1.165, 1.54) is 0 Å². The maximum Gasteiger partial charge on any atom is 0.258 e. The standard InChI is InChI=1S/C13H14Cl2N2O/c1-3-4-11(15)12-16-13(18-17-12)9-5-8(2)6-10(14)7-9/h5-7,11H,3-4H2,1-2H3. The van der Waals surface area contributed by atoms with Crippen molar-refractivity contribution in [2.75, 3.05) is 0 Å². The Bertz CT molecular complexity index is 519. The van der Waals surface area contributed by atoms with Crippen molar-refractivity contribution in [1.29, 1.82) is 0 Å². The van der Waals surface area contributed by atoms with Gasteiger partial charge in [0.15, 0.2) is 5.82 Å². The van der Waals surface area contributed by atoms with Crippen molar-refractivity contribution in [1.82, 2.24) is 10.1 Å². The van der Waals surface area contributed by atoms with Crippen molar-refractivity contribution in [3.05, 3.63) is 34.6 Å². The van der Waals surface area contributed by atoms with E-state index in [4.69, 9.17) is 27.7 Å².